The fourth-order valence-corrected chi connectivity index (χ4v) is 5.82. The van der Waals surface area contributed by atoms with Gasteiger partial charge in [-0.3, -0.25) is 4.79 Å². The molecular formula is C30H27FN8O2. The zero-order chi connectivity index (χ0) is 28.2. The maximum absolute atomic E-state index is 15.6. The molecule has 11 heteroatoms. The number of hydrogen-bond donors (Lipinski definition) is 1. The highest BCUT2D eigenvalue weighted by Crippen LogP contribution is 2.36. The number of imidazole rings is 1. The number of piperazine rings is 1. The van der Waals surface area contributed by atoms with Crippen LogP contribution in [-0.4, -0.2) is 60.5 Å². The van der Waals surface area contributed by atoms with Gasteiger partial charge in [0, 0.05) is 31.8 Å². The summed E-state index contributed by atoms with van der Waals surface area (Å²) in [5, 5.41) is 3.12. The van der Waals surface area contributed by atoms with E-state index in [1.807, 2.05) is 46.8 Å². The molecule has 0 unspecified atom stereocenters. The molecule has 0 radical (unpaired) electrons. The summed E-state index contributed by atoms with van der Waals surface area (Å²) < 4.78 is 23.5. The van der Waals surface area contributed by atoms with Crippen molar-refractivity contribution in [2.45, 2.75) is 25.4 Å². The molecule has 2 saturated heterocycles. The van der Waals surface area contributed by atoms with Crippen molar-refractivity contribution in [2.24, 2.45) is 7.05 Å². The Labute approximate surface area is 235 Å². The zero-order valence-electron chi connectivity index (χ0n) is 22.6. The van der Waals surface area contributed by atoms with Gasteiger partial charge in [0.25, 0.3) is 0 Å². The number of benzene rings is 2. The Kier molecular flexibility index (Phi) is 5.81. The monoisotopic (exact) mass is 550 g/mol. The zero-order valence-corrected chi connectivity index (χ0v) is 22.6. The highest BCUT2D eigenvalue weighted by molar-refractivity contribution is 5.89. The highest BCUT2D eigenvalue weighted by atomic mass is 19.1. The van der Waals surface area contributed by atoms with E-state index in [1.165, 1.54) is 12.4 Å². The van der Waals surface area contributed by atoms with Crippen molar-refractivity contribution in [3.05, 3.63) is 79.2 Å². The second-order valence-corrected chi connectivity index (χ2v) is 10.4. The van der Waals surface area contributed by atoms with Crippen LogP contribution in [-0.2, 0) is 11.8 Å². The molecule has 2 aliphatic heterocycles. The number of aryl methyl sites for hydroxylation is 1. The third-order valence-corrected chi connectivity index (χ3v) is 7.97. The van der Waals surface area contributed by atoms with E-state index in [9.17, 15) is 4.79 Å². The molecule has 206 valence electrons. The van der Waals surface area contributed by atoms with E-state index < -0.39 is 5.82 Å². The van der Waals surface area contributed by atoms with Crippen LogP contribution in [0.2, 0.25) is 0 Å². The van der Waals surface area contributed by atoms with Gasteiger partial charge in [-0.05, 0) is 55.8 Å². The van der Waals surface area contributed by atoms with Gasteiger partial charge in [-0.25, -0.2) is 24.3 Å². The number of carbonyl (C=O) groups excluding carboxylic acids is 1. The number of nitrogens with one attached hydrogen (secondary N) is 1. The van der Waals surface area contributed by atoms with Gasteiger partial charge in [0.15, 0.2) is 11.6 Å². The van der Waals surface area contributed by atoms with Crippen molar-refractivity contribution in [3.63, 3.8) is 0 Å². The second kappa shape index (κ2) is 9.54. The van der Waals surface area contributed by atoms with Crippen molar-refractivity contribution in [3.8, 4) is 11.5 Å². The Balaban J connectivity index is 1.14. The molecule has 5 heterocycles. The largest absolute Gasteiger partial charge is 0.457 e. The van der Waals surface area contributed by atoms with Crippen molar-refractivity contribution < 1.29 is 13.9 Å². The minimum Gasteiger partial charge on any atom is -0.457 e. The number of aromatic nitrogens is 5. The maximum Gasteiger partial charge on any atom is 0.246 e. The Bertz CT molecular complexity index is 1850. The maximum atomic E-state index is 15.6. The van der Waals surface area contributed by atoms with E-state index in [2.05, 4.69) is 31.7 Å². The molecule has 1 amide bonds. The smallest absolute Gasteiger partial charge is 0.246 e. The SMILES string of the molecule is C=CC(=O)N1C[C@H]2C[C@@H]1CN2c1ccc2ncnc(Nc3ccc(Oc4ccc5c(c4)ncn5C)c(C)c3F)c2n1. The third kappa shape index (κ3) is 4.21. The van der Waals surface area contributed by atoms with E-state index in [1.54, 1.807) is 25.4 Å². The molecule has 3 aromatic heterocycles. The van der Waals surface area contributed by atoms with E-state index in [0.29, 0.717) is 47.0 Å². The van der Waals surface area contributed by atoms with Gasteiger partial charge in [-0.1, -0.05) is 6.58 Å². The summed E-state index contributed by atoms with van der Waals surface area (Å²) in [6.07, 6.45) is 5.43. The van der Waals surface area contributed by atoms with E-state index in [-0.39, 0.29) is 23.7 Å². The van der Waals surface area contributed by atoms with Gasteiger partial charge in [-0.2, -0.15) is 0 Å². The first-order chi connectivity index (χ1) is 19.9. The number of ether oxygens (including phenoxy) is 1. The number of pyridine rings is 1. The number of amides is 1. The van der Waals surface area contributed by atoms with Crippen LogP contribution < -0.4 is 15.0 Å². The summed E-state index contributed by atoms with van der Waals surface area (Å²) in [6, 6.07) is 13.1. The Morgan fingerprint density at radius 3 is 2.78 bits per heavy atom. The van der Waals surface area contributed by atoms with Crippen LogP contribution in [0.1, 0.15) is 12.0 Å². The molecule has 0 saturated carbocycles. The number of hydrogen-bond acceptors (Lipinski definition) is 8. The molecular weight excluding hydrogens is 523 g/mol. The van der Waals surface area contributed by atoms with Crippen LogP contribution in [0.3, 0.4) is 0 Å². The normalized spacial score (nSPS) is 17.9. The van der Waals surface area contributed by atoms with Gasteiger partial charge in [0.1, 0.15) is 29.2 Å². The second-order valence-electron chi connectivity index (χ2n) is 10.4. The first-order valence-corrected chi connectivity index (χ1v) is 13.4. The number of nitrogens with zero attached hydrogens (tertiary/aromatic N) is 7. The quantitative estimate of drug-likeness (QED) is 0.299. The molecule has 1 N–H and O–H groups in total. The third-order valence-electron chi connectivity index (χ3n) is 7.97. The average Bonchev–Trinajstić information content (AvgIpc) is 3.71. The predicted octanol–water partition coefficient (Wildman–Crippen LogP) is 4.87. The molecule has 2 aliphatic rings. The fraction of sp³-hybridized carbons (Fsp3) is 0.233. The lowest BCUT2D eigenvalue weighted by Gasteiger charge is -2.34. The van der Waals surface area contributed by atoms with Crippen molar-refractivity contribution in [2.75, 3.05) is 23.3 Å². The average molecular weight is 551 g/mol. The first kappa shape index (κ1) is 24.9. The molecule has 2 aromatic carbocycles. The Morgan fingerprint density at radius 1 is 1.10 bits per heavy atom. The molecule has 0 aliphatic carbocycles. The lowest BCUT2D eigenvalue weighted by atomic mass is 10.1. The van der Waals surface area contributed by atoms with E-state index in [4.69, 9.17) is 9.72 Å². The van der Waals surface area contributed by atoms with Crippen LogP contribution in [0.5, 0.6) is 11.5 Å². The summed E-state index contributed by atoms with van der Waals surface area (Å²) in [4.78, 5) is 34.2. The minimum absolute atomic E-state index is 0.0356. The summed E-state index contributed by atoms with van der Waals surface area (Å²) in [5.74, 6) is 1.67. The van der Waals surface area contributed by atoms with Crippen LogP contribution in [0, 0.1) is 12.7 Å². The predicted molar refractivity (Wildman–Crippen MR) is 154 cm³/mol. The molecule has 10 nitrogen and oxygen atoms in total. The Morgan fingerprint density at radius 2 is 1.98 bits per heavy atom. The number of rotatable bonds is 6. The van der Waals surface area contributed by atoms with E-state index >= 15 is 4.39 Å². The van der Waals surface area contributed by atoms with Crippen LogP contribution in [0.4, 0.5) is 21.7 Å². The molecule has 0 spiro atoms. The minimum atomic E-state index is -0.451. The van der Waals surface area contributed by atoms with Crippen LogP contribution in [0.25, 0.3) is 22.1 Å². The van der Waals surface area contributed by atoms with Gasteiger partial charge in [0.05, 0.1) is 40.6 Å². The van der Waals surface area contributed by atoms with Crippen molar-refractivity contribution >= 4 is 45.3 Å². The van der Waals surface area contributed by atoms with E-state index in [0.717, 1.165) is 23.3 Å². The number of carbonyl (C=O) groups is 1. The molecule has 7 rings (SSSR count). The van der Waals surface area contributed by atoms with Crippen LogP contribution in [0.15, 0.2) is 67.8 Å². The Hall–Kier alpha value is -5.06. The lowest BCUT2D eigenvalue weighted by Crippen LogP contribution is -2.48. The first-order valence-electron chi connectivity index (χ1n) is 13.4. The molecule has 41 heavy (non-hydrogen) atoms. The van der Waals surface area contributed by atoms with Crippen molar-refractivity contribution in [1.29, 1.82) is 0 Å². The number of halogens is 1. The number of likely N-dealkylation sites (tertiary alicyclic amines) is 1. The van der Waals surface area contributed by atoms with Gasteiger partial charge >= 0.3 is 0 Å². The number of anilines is 3. The lowest BCUT2D eigenvalue weighted by molar-refractivity contribution is -0.127. The summed E-state index contributed by atoms with van der Waals surface area (Å²) in [7, 11) is 1.93. The van der Waals surface area contributed by atoms with Crippen molar-refractivity contribution in [1.82, 2.24) is 29.4 Å². The molecule has 2 bridgehead atoms. The summed E-state index contributed by atoms with van der Waals surface area (Å²) in [5.41, 5.74) is 3.56. The highest BCUT2D eigenvalue weighted by Gasteiger charge is 2.45. The fourth-order valence-electron chi connectivity index (χ4n) is 5.82. The number of fused-ring (bicyclic) bond motifs is 4. The summed E-state index contributed by atoms with van der Waals surface area (Å²) >= 11 is 0. The van der Waals surface area contributed by atoms with Crippen LogP contribution >= 0.6 is 0 Å². The van der Waals surface area contributed by atoms with Gasteiger partial charge in [-0.15, -0.1) is 0 Å². The topological polar surface area (TPSA) is 101 Å². The van der Waals surface area contributed by atoms with Gasteiger partial charge < -0.3 is 24.4 Å². The standard InChI is InChI=1S/C30H27FN8O2/c1-4-27(40)39-14-18-11-19(39)13-38(18)26-10-7-22-29(36-26)30(33-15-32-22)35-21-6-9-25(17(2)28(21)31)41-20-5-8-24-23(12-20)34-16-37(24)3/h4-10,12,15-16,18-19H,1,11,13-14H2,2-3H3,(H,32,33,35)/t18-,19-/m1/s1. The molecule has 5 aromatic rings. The summed E-state index contributed by atoms with van der Waals surface area (Å²) in [6.45, 7) is 6.62. The molecule has 2 atom stereocenters. The molecule has 2 fully saturated rings. The van der Waals surface area contributed by atoms with Gasteiger partial charge in [0.2, 0.25) is 5.91 Å².